The summed E-state index contributed by atoms with van der Waals surface area (Å²) in [5, 5.41) is 9.07. The van der Waals surface area contributed by atoms with E-state index in [0.717, 1.165) is 17.0 Å². The molecule has 0 bridgehead atoms. The molecule has 0 saturated carbocycles. The third kappa shape index (κ3) is 22.1. The van der Waals surface area contributed by atoms with Gasteiger partial charge in [0.05, 0.1) is 108 Å². The van der Waals surface area contributed by atoms with Crippen LogP contribution in [0.1, 0.15) is 118 Å². The van der Waals surface area contributed by atoms with Gasteiger partial charge in [0.2, 0.25) is 23.6 Å². The number of likely N-dealkylation sites (N-methyl/N-ethyl adjacent to an activating group) is 2. The Balaban J connectivity index is 1.56. The summed E-state index contributed by atoms with van der Waals surface area (Å²) in [6, 6.07) is 7.45. The van der Waals surface area contributed by atoms with Gasteiger partial charge in [0, 0.05) is 45.9 Å². The van der Waals surface area contributed by atoms with E-state index in [9.17, 15) is 24.0 Å². The minimum atomic E-state index is -0.841. The maximum atomic E-state index is 14.7. The monoisotopic (exact) mass is 1070 g/mol. The molecule has 0 spiro atoms. The molecule has 2 heterocycles. The van der Waals surface area contributed by atoms with Gasteiger partial charge in [-0.05, 0) is 70.4 Å². The number of ether oxygens (including phenoxy) is 7. The fraction of sp³-hybridized carbons (Fsp3) is 0.750. The molecule has 1 aliphatic rings. The summed E-state index contributed by atoms with van der Waals surface area (Å²) in [5.41, 5.74) is 0.566. The van der Waals surface area contributed by atoms with Crippen LogP contribution in [0.15, 0.2) is 41.9 Å². The molecule has 1 aromatic carbocycles. The van der Waals surface area contributed by atoms with E-state index in [-0.39, 0.29) is 78.9 Å². The molecule has 1 aliphatic heterocycles. The molecule has 4 amide bonds. The first-order valence-corrected chi connectivity index (χ1v) is 27.9. The number of hydrogen-bond acceptors (Lipinski definition) is 15. The molecule has 3 rings (SSSR count). The lowest BCUT2D eigenvalue weighted by molar-refractivity contribution is -0.156. The lowest BCUT2D eigenvalue weighted by Gasteiger charge is -2.41. The van der Waals surface area contributed by atoms with E-state index in [1.807, 2.05) is 115 Å². The molecule has 1 aromatic heterocycles. The number of benzene rings is 1. The average molecular weight is 1080 g/mol. The number of amides is 4. The molecule has 2 aromatic rings. The second-order valence-electron chi connectivity index (χ2n) is 21.4. The Bertz CT molecular complexity index is 1960. The highest BCUT2D eigenvalue weighted by Gasteiger charge is 2.43. The Morgan fingerprint density at radius 3 is 1.96 bits per heavy atom. The number of rotatable bonds is 36. The van der Waals surface area contributed by atoms with Crippen molar-refractivity contribution in [1.29, 1.82) is 0 Å². The van der Waals surface area contributed by atoms with Crippen molar-refractivity contribution in [2.75, 3.05) is 94.3 Å². The maximum absolute atomic E-state index is 14.7. The van der Waals surface area contributed by atoms with Crippen molar-refractivity contribution in [2.45, 2.75) is 156 Å². The number of carbonyl (C=O) groups excluding carboxylic acids is 5. The third-order valence-corrected chi connectivity index (χ3v) is 14.7. The van der Waals surface area contributed by atoms with Crippen molar-refractivity contribution in [1.82, 2.24) is 30.3 Å². The predicted octanol–water partition coefficient (Wildman–Crippen LogP) is 6.36. The number of thiazole rings is 1. The molecule has 0 unspecified atom stereocenters. The van der Waals surface area contributed by atoms with Gasteiger partial charge in [-0.25, -0.2) is 4.98 Å². The van der Waals surface area contributed by atoms with Crippen LogP contribution >= 0.6 is 11.3 Å². The van der Waals surface area contributed by atoms with Gasteiger partial charge < -0.3 is 53.6 Å². The van der Waals surface area contributed by atoms with Gasteiger partial charge in [0.25, 0.3) is 0 Å². The number of nitrogens with one attached hydrogen (secondary N) is 2. The second-order valence-corrected chi connectivity index (χ2v) is 22.3. The van der Waals surface area contributed by atoms with Crippen molar-refractivity contribution in [3.05, 3.63) is 52.5 Å². The van der Waals surface area contributed by atoms with E-state index >= 15 is 0 Å². The van der Waals surface area contributed by atoms with Crippen molar-refractivity contribution in [3.8, 4) is 0 Å². The van der Waals surface area contributed by atoms with Gasteiger partial charge in [0.1, 0.15) is 16.7 Å². The van der Waals surface area contributed by atoms with Crippen LogP contribution in [0, 0.1) is 23.7 Å². The molecule has 19 heteroatoms. The van der Waals surface area contributed by atoms with Crippen LogP contribution in [0.25, 0.3) is 0 Å². The largest absolute Gasteiger partial charge is 0.460 e. The quantitative estimate of drug-likeness (QED) is 0.0565. The highest BCUT2D eigenvalue weighted by molar-refractivity contribution is 7.09. The normalized spacial score (nSPS) is 17.3. The average Bonchev–Trinajstić information content (AvgIpc) is 4.09. The number of aromatic nitrogens is 1. The van der Waals surface area contributed by atoms with Gasteiger partial charge in [0.15, 0.2) is 0 Å². The smallest absolute Gasteiger partial charge is 0.308 e. The maximum Gasteiger partial charge on any atom is 0.308 e. The van der Waals surface area contributed by atoms with E-state index < -0.39 is 41.9 Å². The Morgan fingerprint density at radius 2 is 1.43 bits per heavy atom. The number of methoxy groups -OCH3 is 2. The van der Waals surface area contributed by atoms with Gasteiger partial charge >= 0.3 is 5.97 Å². The summed E-state index contributed by atoms with van der Waals surface area (Å²) in [4.78, 5) is 79.1. The van der Waals surface area contributed by atoms with Crippen LogP contribution in [0.2, 0.25) is 0 Å². The van der Waals surface area contributed by atoms with Gasteiger partial charge in [-0.15, -0.1) is 11.3 Å². The summed E-state index contributed by atoms with van der Waals surface area (Å²) in [5.74, 6) is -2.08. The summed E-state index contributed by atoms with van der Waals surface area (Å²) in [7, 11) is 6.78. The van der Waals surface area contributed by atoms with Gasteiger partial charge in [-0.1, -0.05) is 85.2 Å². The van der Waals surface area contributed by atoms with E-state index in [4.69, 9.17) is 33.2 Å². The summed E-state index contributed by atoms with van der Waals surface area (Å²) < 4.78 is 39.9. The van der Waals surface area contributed by atoms with Crippen LogP contribution < -0.4 is 10.6 Å². The van der Waals surface area contributed by atoms with Crippen LogP contribution in [0.4, 0.5) is 0 Å². The van der Waals surface area contributed by atoms with Gasteiger partial charge in [-0.2, -0.15) is 0 Å². The van der Waals surface area contributed by atoms with Crippen LogP contribution in [0.5, 0.6) is 0 Å². The van der Waals surface area contributed by atoms with Gasteiger partial charge in [-0.3, -0.25) is 28.9 Å². The van der Waals surface area contributed by atoms with Crippen molar-refractivity contribution >= 4 is 40.9 Å². The molecule has 0 aliphatic carbocycles. The summed E-state index contributed by atoms with van der Waals surface area (Å²) in [6.45, 7) is 23.2. The fourth-order valence-corrected chi connectivity index (χ4v) is 10.4. The number of nitrogens with zero attached hydrogens (tertiary/aromatic N) is 4. The highest BCUT2D eigenvalue weighted by Crippen LogP contribution is 2.31. The van der Waals surface area contributed by atoms with E-state index in [1.165, 1.54) is 11.3 Å². The lowest BCUT2D eigenvalue weighted by Crippen LogP contribution is -2.60. The number of carbonyl (C=O) groups is 5. The van der Waals surface area contributed by atoms with Crippen LogP contribution in [0.3, 0.4) is 0 Å². The molecule has 9 atom stereocenters. The molecule has 1 fully saturated rings. The standard InChI is InChI=1S/C56H94N6O12S/c1-15-40(6)50(45(68-13)37-46(63)62-25-19-22-44(62)51(69-14)41(7)52(65)58-43(54-57-24-35-75-54)36-42-20-17-16-18-21-42)61(12)55(67)48(38(2)3)59-53(66)49(39(4)5)60(11)26-28-71-30-32-73-34-33-72-31-29-70-27-23-47(64)74-56(8,9)10/h16-18,20-21,24,35,38-41,43-45,48-51H,15,19,22-23,25-34,36-37H2,1-14H3,(H,58,65)(H,59,66)/t40-,41+,43-,44-,45+,48-,49-,50-,51+/m0/s1. The molecular weight excluding hydrogens is 981 g/mol. The Hall–Kier alpha value is -4.08. The van der Waals surface area contributed by atoms with E-state index in [2.05, 4.69) is 22.5 Å². The molecule has 1 saturated heterocycles. The molecule has 2 N–H and O–H groups in total. The van der Waals surface area contributed by atoms with Crippen LogP contribution in [-0.4, -0.2) is 186 Å². The Labute approximate surface area is 452 Å². The Morgan fingerprint density at radius 1 is 0.813 bits per heavy atom. The zero-order valence-corrected chi connectivity index (χ0v) is 48.6. The predicted molar refractivity (Wildman–Crippen MR) is 291 cm³/mol. The summed E-state index contributed by atoms with van der Waals surface area (Å²) >= 11 is 1.50. The van der Waals surface area contributed by atoms with Crippen molar-refractivity contribution < 1.29 is 57.1 Å². The first-order chi connectivity index (χ1) is 35.6. The van der Waals surface area contributed by atoms with E-state index in [0.29, 0.717) is 78.6 Å². The number of hydrogen-bond donors (Lipinski definition) is 2. The molecule has 426 valence electrons. The third-order valence-electron chi connectivity index (χ3n) is 13.8. The molecule has 75 heavy (non-hydrogen) atoms. The first-order valence-electron chi connectivity index (χ1n) is 27.0. The summed E-state index contributed by atoms with van der Waals surface area (Å²) in [6.07, 6.45) is 3.44. The van der Waals surface area contributed by atoms with Crippen molar-refractivity contribution in [2.24, 2.45) is 23.7 Å². The molecule has 18 nitrogen and oxygen atoms in total. The lowest BCUT2D eigenvalue weighted by atomic mass is 9.89. The number of esters is 1. The molecule has 0 radical (unpaired) electrons. The van der Waals surface area contributed by atoms with Crippen LogP contribution in [-0.2, 0) is 63.6 Å². The molecular formula is C56H94N6O12S. The topological polar surface area (TPSA) is 197 Å². The zero-order valence-electron chi connectivity index (χ0n) is 47.8. The van der Waals surface area contributed by atoms with E-state index in [1.54, 1.807) is 32.4 Å². The van der Waals surface area contributed by atoms with Crippen molar-refractivity contribution in [3.63, 3.8) is 0 Å². The fourth-order valence-electron chi connectivity index (χ4n) is 9.71. The minimum absolute atomic E-state index is 0.0121. The Kier molecular flexibility index (Phi) is 29.5. The minimum Gasteiger partial charge on any atom is -0.460 e. The zero-order chi connectivity index (χ0) is 55.7. The number of likely N-dealkylation sites (tertiary alicyclic amines) is 1. The second kappa shape index (κ2) is 33.9. The highest BCUT2D eigenvalue weighted by atomic mass is 32.1. The first kappa shape index (κ1) is 65.2. The SMILES string of the molecule is CC[C@H](C)[C@@H]([C@@H](CC(=O)N1CCC[C@H]1[C@H](OC)[C@@H](C)C(=O)N[C@@H](Cc1ccccc1)c1nccs1)OC)N(C)C(=O)[C@@H](NC(=O)[C@H](C(C)C)N(C)CCOCCOCCOCCOCCC(=O)OC(C)(C)C)C(C)C.